The molecule has 22 heavy (non-hydrogen) atoms. The molecule has 1 unspecified atom stereocenters. The molecule has 0 heterocycles. The fourth-order valence-corrected chi connectivity index (χ4v) is 2.41. The van der Waals surface area contributed by atoms with Gasteiger partial charge in [-0.25, -0.2) is 0 Å². The first-order valence-corrected chi connectivity index (χ1v) is 7.67. The van der Waals surface area contributed by atoms with Gasteiger partial charge in [0.05, 0.1) is 19.1 Å². The van der Waals surface area contributed by atoms with Gasteiger partial charge in [0.2, 0.25) is 5.91 Å². The van der Waals surface area contributed by atoms with Gasteiger partial charge in [-0.15, -0.1) is 0 Å². The zero-order valence-electron chi connectivity index (χ0n) is 12.8. The number of benzene rings is 2. The van der Waals surface area contributed by atoms with Gasteiger partial charge in [0.25, 0.3) is 0 Å². The van der Waals surface area contributed by atoms with E-state index in [1.165, 1.54) is 5.56 Å². The minimum Gasteiger partial charge on any atom is -0.493 e. The van der Waals surface area contributed by atoms with Crippen molar-refractivity contribution in [2.75, 3.05) is 6.61 Å². The van der Waals surface area contributed by atoms with E-state index in [4.69, 9.17) is 16.3 Å². The molecule has 0 fully saturated rings. The van der Waals surface area contributed by atoms with E-state index >= 15 is 0 Å². The lowest BCUT2D eigenvalue weighted by Gasteiger charge is -2.15. The summed E-state index contributed by atoms with van der Waals surface area (Å²) < 4.78 is 5.56. The Balaban J connectivity index is 1.78. The number of halogens is 1. The molecular formula is C18H20ClNO2. The van der Waals surface area contributed by atoms with E-state index in [1.807, 2.05) is 62.4 Å². The standard InChI is InChI=1S/C18H20ClNO2/c1-13-7-9-15(10-8-13)22-12-11-18(21)20-14(2)16-5-3-4-6-17(16)19/h3-10,14H,11-12H2,1-2H3,(H,20,21). The molecule has 116 valence electrons. The lowest BCUT2D eigenvalue weighted by molar-refractivity contribution is -0.122. The zero-order valence-corrected chi connectivity index (χ0v) is 13.6. The summed E-state index contributed by atoms with van der Waals surface area (Å²) in [6.07, 6.45) is 0.308. The van der Waals surface area contributed by atoms with Crippen LogP contribution in [0.5, 0.6) is 5.75 Å². The highest BCUT2D eigenvalue weighted by molar-refractivity contribution is 6.31. The molecule has 1 atom stereocenters. The predicted octanol–water partition coefficient (Wildman–Crippen LogP) is 4.29. The van der Waals surface area contributed by atoms with Crippen LogP contribution in [0, 0.1) is 6.92 Å². The molecule has 0 radical (unpaired) electrons. The van der Waals surface area contributed by atoms with E-state index in [9.17, 15) is 4.79 Å². The highest BCUT2D eigenvalue weighted by Gasteiger charge is 2.12. The third-order valence-corrected chi connectivity index (χ3v) is 3.71. The number of hydrogen-bond acceptors (Lipinski definition) is 2. The molecule has 1 amide bonds. The number of carbonyl (C=O) groups excluding carboxylic acids is 1. The summed E-state index contributed by atoms with van der Waals surface area (Å²) in [4.78, 5) is 11.9. The fourth-order valence-electron chi connectivity index (χ4n) is 2.11. The van der Waals surface area contributed by atoms with Crippen LogP contribution in [0.25, 0.3) is 0 Å². The number of aryl methyl sites for hydroxylation is 1. The van der Waals surface area contributed by atoms with Crippen molar-refractivity contribution < 1.29 is 9.53 Å². The molecule has 4 heteroatoms. The number of amides is 1. The monoisotopic (exact) mass is 317 g/mol. The molecule has 2 rings (SSSR count). The average Bonchev–Trinajstić information content (AvgIpc) is 2.49. The number of rotatable bonds is 6. The van der Waals surface area contributed by atoms with Crippen molar-refractivity contribution >= 4 is 17.5 Å². The van der Waals surface area contributed by atoms with Gasteiger partial charge in [-0.1, -0.05) is 47.5 Å². The summed E-state index contributed by atoms with van der Waals surface area (Å²) >= 11 is 6.12. The first kappa shape index (κ1) is 16.4. The van der Waals surface area contributed by atoms with E-state index in [-0.39, 0.29) is 11.9 Å². The van der Waals surface area contributed by atoms with E-state index in [0.717, 1.165) is 11.3 Å². The predicted molar refractivity (Wildman–Crippen MR) is 89.3 cm³/mol. The summed E-state index contributed by atoms with van der Waals surface area (Å²) in [7, 11) is 0. The molecule has 2 aromatic carbocycles. The van der Waals surface area contributed by atoms with Gasteiger partial charge in [-0.2, -0.15) is 0 Å². The molecule has 3 nitrogen and oxygen atoms in total. The quantitative estimate of drug-likeness (QED) is 0.863. The minimum atomic E-state index is -0.124. The molecule has 0 saturated carbocycles. The smallest absolute Gasteiger partial charge is 0.223 e. The second-order valence-corrected chi connectivity index (χ2v) is 5.63. The Morgan fingerprint density at radius 3 is 2.55 bits per heavy atom. The van der Waals surface area contributed by atoms with Crippen molar-refractivity contribution in [1.29, 1.82) is 0 Å². The molecule has 0 spiro atoms. The normalized spacial score (nSPS) is 11.8. The van der Waals surface area contributed by atoms with Crippen LogP contribution in [0.1, 0.15) is 30.5 Å². The second kappa shape index (κ2) is 7.85. The van der Waals surface area contributed by atoms with Crippen LogP contribution >= 0.6 is 11.6 Å². The Morgan fingerprint density at radius 1 is 1.18 bits per heavy atom. The molecule has 0 aliphatic heterocycles. The van der Waals surface area contributed by atoms with Crippen molar-refractivity contribution in [1.82, 2.24) is 5.32 Å². The summed E-state index contributed by atoms with van der Waals surface area (Å²) in [5.74, 6) is 0.720. The van der Waals surface area contributed by atoms with Gasteiger partial charge in [0, 0.05) is 5.02 Å². The topological polar surface area (TPSA) is 38.3 Å². The molecule has 0 aliphatic carbocycles. The van der Waals surface area contributed by atoms with Crippen LogP contribution in [0.3, 0.4) is 0 Å². The number of ether oxygens (including phenoxy) is 1. The highest BCUT2D eigenvalue weighted by Crippen LogP contribution is 2.22. The molecule has 0 aromatic heterocycles. The summed E-state index contributed by atoms with van der Waals surface area (Å²) in [6.45, 7) is 4.29. The van der Waals surface area contributed by atoms with E-state index in [1.54, 1.807) is 0 Å². The number of hydrogen-bond donors (Lipinski definition) is 1. The maximum atomic E-state index is 11.9. The number of carbonyl (C=O) groups is 1. The van der Waals surface area contributed by atoms with Gasteiger partial charge in [-0.3, -0.25) is 4.79 Å². The van der Waals surface area contributed by atoms with Crippen molar-refractivity contribution in [3.63, 3.8) is 0 Å². The van der Waals surface area contributed by atoms with Crippen molar-refractivity contribution in [3.05, 3.63) is 64.7 Å². The zero-order chi connectivity index (χ0) is 15.9. The Kier molecular flexibility index (Phi) is 5.84. The van der Waals surface area contributed by atoms with Gasteiger partial charge in [-0.05, 0) is 37.6 Å². The van der Waals surface area contributed by atoms with Crippen molar-refractivity contribution in [3.8, 4) is 5.75 Å². The van der Waals surface area contributed by atoms with E-state index < -0.39 is 0 Å². The maximum absolute atomic E-state index is 11.9. The lowest BCUT2D eigenvalue weighted by Crippen LogP contribution is -2.28. The van der Waals surface area contributed by atoms with Gasteiger partial charge in [0.1, 0.15) is 5.75 Å². The van der Waals surface area contributed by atoms with Crippen LogP contribution < -0.4 is 10.1 Å². The molecular weight excluding hydrogens is 298 g/mol. The summed E-state index contributed by atoms with van der Waals surface area (Å²) in [5, 5.41) is 3.59. The minimum absolute atomic E-state index is 0.0560. The summed E-state index contributed by atoms with van der Waals surface area (Å²) in [6, 6.07) is 15.2. The third kappa shape index (κ3) is 4.78. The third-order valence-electron chi connectivity index (χ3n) is 3.37. The number of nitrogens with one attached hydrogen (secondary N) is 1. The summed E-state index contributed by atoms with van der Waals surface area (Å²) in [5.41, 5.74) is 2.09. The molecule has 2 aromatic rings. The second-order valence-electron chi connectivity index (χ2n) is 5.22. The molecule has 0 bridgehead atoms. The van der Waals surface area contributed by atoms with Crippen LogP contribution in [-0.4, -0.2) is 12.5 Å². The van der Waals surface area contributed by atoms with E-state index in [2.05, 4.69) is 5.32 Å². The van der Waals surface area contributed by atoms with Crippen molar-refractivity contribution in [2.24, 2.45) is 0 Å². The van der Waals surface area contributed by atoms with Crippen LogP contribution in [0.2, 0.25) is 5.02 Å². The van der Waals surface area contributed by atoms with Gasteiger partial charge < -0.3 is 10.1 Å². The SMILES string of the molecule is Cc1ccc(OCCC(=O)NC(C)c2ccccc2Cl)cc1. The molecule has 0 aliphatic rings. The fraction of sp³-hybridized carbons (Fsp3) is 0.278. The Labute approximate surface area is 136 Å². The first-order chi connectivity index (χ1) is 10.6. The van der Waals surface area contributed by atoms with Crippen LogP contribution in [-0.2, 0) is 4.79 Å². The molecule has 1 N–H and O–H groups in total. The average molecular weight is 318 g/mol. The first-order valence-electron chi connectivity index (χ1n) is 7.29. The largest absolute Gasteiger partial charge is 0.493 e. The maximum Gasteiger partial charge on any atom is 0.223 e. The van der Waals surface area contributed by atoms with Crippen molar-refractivity contribution in [2.45, 2.75) is 26.3 Å². The lowest BCUT2D eigenvalue weighted by atomic mass is 10.1. The Morgan fingerprint density at radius 2 is 1.86 bits per heavy atom. The van der Waals surface area contributed by atoms with E-state index in [0.29, 0.717) is 18.1 Å². The van der Waals surface area contributed by atoms with Gasteiger partial charge >= 0.3 is 0 Å². The Bertz CT molecular complexity index is 625. The van der Waals surface area contributed by atoms with Gasteiger partial charge in [0.15, 0.2) is 0 Å². The van der Waals surface area contributed by atoms with Crippen LogP contribution in [0.4, 0.5) is 0 Å². The Hall–Kier alpha value is -2.00. The molecule has 0 saturated heterocycles. The van der Waals surface area contributed by atoms with Crippen LogP contribution in [0.15, 0.2) is 48.5 Å². The highest BCUT2D eigenvalue weighted by atomic mass is 35.5.